The molecule has 13 heavy (non-hydrogen) atoms. The topological polar surface area (TPSA) is 36.9 Å². The van der Waals surface area contributed by atoms with Gasteiger partial charge in [0.25, 0.3) is 0 Å². The van der Waals surface area contributed by atoms with E-state index in [1.165, 1.54) is 0 Å². The molecule has 1 rings (SSSR count). The van der Waals surface area contributed by atoms with E-state index in [9.17, 15) is 0 Å². The van der Waals surface area contributed by atoms with E-state index in [4.69, 9.17) is 18.0 Å². The van der Waals surface area contributed by atoms with Crippen molar-refractivity contribution in [3.63, 3.8) is 0 Å². The number of rotatable bonds is 6. The quantitative estimate of drug-likeness (QED) is 0.481. The lowest BCUT2D eigenvalue weighted by Gasteiger charge is -2.34. The molecule has 1 unspecified atom stereocenters. The van der Waals surface area contributed by atoms with Gasteiger partial charge in [-0.25, -0.2) is 0 Å². The highest BCUT2D eigenvalue weighted by Crippen LogP contribution is 2.22. The number of hydrogen-bond donors (Lipinski definition) is 0. The van der Waals surface area contributed by atoms with Gasteiger partial charge in [-0.05, 0) is 0 Å². The van der Waals surface area contributed by atoms with Gasteiger partial charge in [-0.3, -0.25) is 0 Å². The van der Waals surface area contributed by atoms with Crippen molar-refractivity contribution in [2.75, 3.05) is 20.8 Å². The van der Waals surface area contributed by atoms with E-state index in [2.05, 4.69) is 6.58 Å². The second kappa shape index (κ2) is 4.87. The highest BCUT2D eigenvalue weighted by atomic mass is 28.4. The number of hydrogen-bond acceptors (Lipinski definition) is 4. The maximum atomic E-state index is 5.61. The van der Waals surface area contributed by atoms with Crippen LogP contribution in [0.3, 0.4) is 0 Å². The third-order valence-electron chi connectivity index (χ3n) is 1.98. The first-order valence-corrected chi connectivity index (χ1v) is 6.20. The molecule has 76 valence electrons. The molecule has 0 aromatic rings. The van der Waals surface area contributed by atoms with Crippen LogP contribution in [0, 0.1) is 0 Å². The second-order valence-electron chi connectivity index (χ2n) is 2.79. The third kappa shape index (κ3) is 2.62. The molecular weight excluding hydrogens is 188 g/mol. The Bertz CT molecular complexity index is 166. The number of ether oxygens (including phenoxy) is 1. The molecule has 1 aliphatic heterocycles. The van der Waals surface area contributed by atoms with E-state index in [1.54, 1.807) is 20.3 Å². The minimum atomic E-state index is -2.52. The molecule has 4 nitrogen and oxygen atoms in total. The van der Waals surface area contributed by atoms with Crippen LogP contribution >= 0.6 is 0 Å². The summed E-state index contributed by atoms with van der Waals surface area (Å²) in [5.74, 6) is 0. The minimum absolute atomic E-state index is 0.147. The Kier molecular flexibility index (Phi) is 4.08. The summed E-state index contributed by atoms with van der Waals surface area (Å²) in [6.07, 6.45) is 2.52. The second-order valence-corrected chi connectivity index (χ2v) is 5.62. The normalized spacial score (nSPS) is 22.5. The summed E-state index contributed by atoms with van der Waals surface area (Å²) in [6, 6.07) is 0.611. The monoisotopic (exact) mass is 204 g/mol. The summed E-state index contributed by atoms with van der Waals surface area (Å²) in [6.45, 7) is 4.41. The largest absolute Gasteiger partial charge is 0.506 e. The Hall–Kier alpha value is -0.203. The molecule has 0 saturated carbocycles. The van der Waals surface area contributed by atoms with Crippen molar-refractivity contribution in [2.24, 2.45) is 0 Å². The van der Waals surface area contributed by atoms with Gasteiger partial charge >= 0.3 is 8.80 Å². The van der Waals surface area contributed by atoms with Crippen molar-refractivity contribution in [1.29, 1.82) is 0 Å². The smallest absolute Gasteiger partial charge is 0.377 e. The number of allylic oxidation sites excluding steroid dienone is 1. The summed E-state index contributed by atoms with van der Waals surface area (Å²) >= 11 is 0. The average molecular weight is 204 g/mol. The van der Waals surface area contributed by atoms with Gasteiger partial charge in [-0.15, -0.1) is 6.58 Å². The van der Waals surface area contributed by atoms with Crippen LogP contribution in [-0.2, 0) is 18.0 Å². The lowest BCUT2D eigenvalue weighted by atomic mass is 10.4. The summed E-state index contributed by atoms with van der Waals surface area (Å²) in [7, 11) is 0.671. The Morgan fingerprint density at radius 1 is 1.54 bits per heavy atom. The predicted molar refractivity (Wildman–Crippen MR) is 50.2 cm³/mol. The van der Waals surface area contributed by atoms with Crippen molar-refractivity contribution in [2.45, 2.75) is 18.8 Å². The highest BCUT2D eigenvalue weighted by molar-refractivity contribution is 6.61. The Morgan fingerprint density at radius 2 is 2.15 bits per heavy atom. The highest BCUT2D eigenvalue weighted by Gasteiger charge is 2.42. The predicted octanol–water partition coefficient (Wildman–Crippen LogP) is 1.17. The van der Waals surface area contributed by atoms with Gasteiger partial charge in [0.15, 0.2) is 6.29 Å². The van der Waals surface area contributed by atoms with Crippen LogP contribution in [0.2, 0.25) is 6.04 Å². The molecule has 0 aromatic carbocycles. The molecule has 0 amide bonds. The Labute approximate surface area is 79.8 Å². The van der Waals surface area contributed by atoms with Gasteiger partial charge in [0.05, 0.1) is 6.61 Å². The van der Waals surface area contributed by atoms with Crippen LogP contribution in [0.25, 0.3) is 0 Å². The fourth-order valence-electron chi connectivity index (χ4n) is 1.08. The molecule has 1 fully saturated rings. The maximum Gasteiger partial charge on any atom is 0.506 e. The van der Waals surface area contributed by atoms with Crippen LogP contribution in [0.5, 0.6) is 0 Å². The van der Waals surface area contributed by atoms with Gasteiger partial charge in [-0.1, -0.05) is 6.08 Å². The molecule has 0 spiro atoms. The fourth-order valence-corrected chi connectivity index (χ4v) is 2.81. The molecule has 0 aliphatic carbocycles. The van der Waals surface area contributed by atoms with E-state index < -0.39 is 8.80 Å². The lowest BCUT2D eigenvalue weighted by Crippen LogP contribution is -2.49. The van der Waals surface area contributed by atoms with Gasteiger partial charge in [0, 0.05) is 26.7 Å². The summed E-state index contributed by atoms with van der Waals surface area (Å²) in [4.78, 5) is 0. The van der Waals surface area contributed by atoms with Crippen molar-refractivity contribution in [3.05, 3.63) is 12.7 Å². The molecule has 0 radical (unpaired) electrons. The minimum Gasteiger partial charge on any atom is -0.377 e. The van der Waals surface area contributed by atoms with Gasteiger partial charge in [-0.2, -0.15) is 0 Å². The third-order valence-corrected chi connectivity index (χ3v) is 4.64. The van der Waals surface area contributed by atoms with Gasteiger partial charge in [0.1, 0.15) is 0 Å². The van der Waals surface area contributed by atoms with Crippen molar-refractivity contribution in [3.8, 4) is 0 Å². The molecule has 0 bridgehead atoms. The van der Waals surface area contributed by atoms with E-state index in [-0.39, 0.29) is 6.29 Å². The summed E-state index contributed by atoms with van der Waals surface area (Å²) < 4.78 is 21.3. The van der Waals surface area contributed by atoms with E-state index in [0.717, 1.165) is 13.0 Å². The Morgan fingerprint density at radius 3 is 2.46 bits per heavy atom. The van der Waals surface area contributed by atoms with Crippen molar-refractivity contribution >= 4 is 8.80 Å². The molecular formula is C8H16O4Si. The van der Waals surface area contributed by atoms with Crippen LogP contribution in [-0.4, -0.2) is 35.9 Å². The van der Waals surface area contributed by atoms with Crippen LogP contribution < -0.4 is 0 Å². The summed E-state index contributed by atoms with van der Waals surface area (Å²) in [5.41, 5.74) is 0. The molecule has 1 aliphatic rings. The maximum absolute atomic E-state index is 5.61. The van der Waals surface area contributed by atoms with E-state index in [0.29, 0.717) is 6.04 Å². The van der Waals surface area contributed by atoms with E-state index >= 15 is 0 Å². The zero-order valence-corrected chi connectivity index (χ0v) is 9.12. The van der Waals surface area contributed by atoms with Crippen molar-refractivity contribution < 1.29 is 18.0 Å². The summed E-state index contributed by atoms with van der Waals surface area (Å²) in [5, 5.41) is 0. The van der Waals surface area contributed by atoms with E-state index in [1.807, 2.05) is 0 Å². The molecule has 1 atom stereocenters. The van der Waals surface area contributed by atoms with Crippen LogP contribution in [0.15, 0.2) is 12.7 Å². The first-order chi connectivity index (χ1) is 6.26. The lowest BCUT2D eigenvalue weighted by molar-refractivity contribution is -0.188. The van der Waals surface area contributed by atoms with Crippen LogP contribution in [0.1, 0.15) is 6.42 Å². The molecule has 0 N–H and O–H groups in total. The molecule has 1 saturated heterocycles. The molecule has 1 heterocycles. The van der Waals surface area contributed by atoms with Crippen molar-refractivity contribution in [1.82, 2.24) is 0 Å². The zero-order valence-electron chi connectivity index (χ0n) is 8.12. The Balaban J connectivity index is 2.46. The molecule has 0 aromatic heterocycles. The fraction of sp³-hybridized carbons (Fsp3) is 0.750. The first kappa shape index (κ1) is 10.9. The SMILES string of the molecule is C=CC[Si](OC)(OC)OC1CCO1. The zero-order chi connectivity index (χ0) is 9.73. The molecule has 5 heteroatoms. The van der Waals surface area contributed by atoms with Gasteiger partial charge < -0.3 is 18.0 Å². The standard InChI is InChI=1S/C8H16O4Si/c1-4-7-13(9-2,10-3)12-8-5-6-11-8/h4,8H,1,5-7H2,2-3H3. The van der Waals surface area contributed by atoms with Crippen LogP contribution in [0.4, 0.5) is 0 Å². The van der Waals surface area contributed by atoms with Gasteiger partial charge in [0.2, 0.25) is 0 Å². The first-order valence-electron chi connectivity index (χ1n) is 4.27. The average Bonchev–Trinajstić information content (AvgIpc) is 2.10.